The molecule has 0 aliphatic carbocycles. The van der Waals surface area contributed by atoms with Gasteiger partial charge in [-0.2, -0.15) is 0 Å². The number of rotatable bonds is 4. The molecule has 0 saturated carbocycles. The van der Waals surface area contributed by atoms with Gasteiger partial charge < -0.3 is 14.5 Å². The summed E-state index contributed by atoms with van der Waals surface area (Å²) in [5, 5.41) is 0. The molecule has 0 aromatic heterocycles. The van der Waals surface area contributed by atoms with E-state index >= 15 is 0 Å². The van der Waals surface area contributed by atoms with E-state index in [2.05, 4.69) is 4.74 Å². The Morgan fingerprint density at radius 2 is 2.08 bits per heavy atom. The van der Waals surface area contributed by atoms with Crippen LogP contribution in [0.25, 0.3) is 0 Å². The van der Waals surface area contributed by atoms with Crippen LogP contribution in [0.4, 0.5) is 0 Å². The minimum atomic E-state index is -3.97. The zero-order chi connectivity index (χ0) is 9.61. The van der Waals surface area contributed by atoms with E-state index in [1.807, 2.05) is 0 Å². The molecule has 0 rings (SSSR count). The van der Waals surface area contributed by atoms with E-state index in [0.29, 0.717) is 0 Å². The van der Waals surface area contributed by atoms with Gasteiger partial charge in [-0.15, -0.1) is 0 Å². The van der Waals surface area contributed by atoms with Crippen molar-refractivity contribution in [2.45, 2.75) is 6.42 Å². The number of allylic oxidation sites excluding steroid dienone is 1. The monoisotopic (exact) mass is 194 g/mol. The lowest BCUT2D eigenvalue weighted by atomic mass is 10.4. The summed E-state index contributed by atoms with van der Waals surface area (Å²) in [6.45, 7) is 0. The van der Waals surface area contributed by atoms with Crippen LogP contribution >= 0.6 is 7.60 Å². The largest absolute Gasteiger partial charge is 0.469 e. The Kier molecular flexibility index (Phi) is 4.81. The highest BCUT2D eigenvalue weighted by molar-refractivity contribution is 7.51. The van der Waals surface area contributed by atoms with E-state index in [4.69, 9.17) is 9.79 Å². The molecule has 0 aliphatic rings. The Morgan fingerprint density at radius 1 is 1.50 bits per heavy atom. The summed E-state index contributed by atoms with van der Waals surface area (Å²) in [5.74, 6) is -0.433. The second-order valence-corrected chi connectivity index (χ2v) is 3.79. The average Bonchev–Trinajstić information content (AvgIpc) is 1.96. The van der Waals surface area contributed by atoms with Crippen LogP contribution in [0.1, 0.15) is 6.42 Å². The first-order valence-electron chi connectivity index (χ1n) is 3.22. The second-order valence-electron chi connectivity index (χ2n) is 2.10. The first kappa shape index (κ1) is 11.4. The van der Waals surface area contributed by atoms with E-state index in [1.54, 1.807) is 0 Å². The van der Waals surface area contributed by atoms with Crippen LogP contribution in [-0.4, -0.2) is 29.0 Å². The maximum absolute atomic E-state index is 10.5. The molecule has 5 nitrogen and oxygen atoms in total. The first-order chi connectivity index (χ1) is 5.45. The van der Waals surface area contributed by atoms with Crippen LogP contribution in [0, 0.1) is 0 Å². The van der Waals surface area contributed by atoms with Crippen molar-refractivity contribution in [3.63, 3.8) is 0 Å². The van der Waals surface area contributed by atoms with E-state index in [9.17, 15) is 9.36 Å². The quantitative estimate of drug-likeness (QED) is 0.381. The molecule has 12 heavy (non-hydrogen) atoms. The third-order valence-corrected chi connectivity index (χ3v) is 1.71. The van der Waals surface area contributed by atoms with Crippen molar-refractivity contribution in [2.24, 2.45) is 0 Å². The fourth-order valence-corrected chi connectivity index (χ4v) is 0.898. The lowest BCUT2D eigenvalue weighted by molar-refractivity contribution is -0.139. The highest BCUT2D eigenvalue weighted by atomic mass is 31.2. The normalized spacial score (nSPS) is 11.9. The Bertz CT molecular complexity index is 216. The number of ether oxygens (including phenoxy) is 1. The Hall–Kier alpha value is -0.640. The van der Waals surface area contributed by atoms with Crippen molar-refractivity contribution in [2.75, 3.05) is 13.3 Å². The van der Waals surface area contributed by atoms with Crippen LogP contribution in [0.2, 0.25) is 0 Å². The highest BCUT2D eigenvalue weighted by Crippen LogP contribution is 2.33. The molecule has 2 N–H and O–H groups in total. The molecule has 0 aromatic carbocycles. The summed E-state index contributed by atoms with van der Waals surface area (Å²) in [4.78, 5) is 27.2. The van der Waals surface area contributed by atoms with Crippen LogP contribution in [-0.2, 0) is 14.1 Å². The van der Waals surface area contributed by atoms with Crippen molar-refractivity contribution >= 4 is 13.6 Å². The lowest BCUT2D eigenvalue weighted by Crippen LogP contribution is -1.96. The van der Waals surface area contributed by atoms with Gasteiger partial charge in [0.15, 0.2) is 0 Å². The molecule has 0 bridgehead atoms. The molecule has 0 aliphatic heterocycles. The van der Waals surface area contributed by atoms with Crippen molar-refractivity contribution < 1.29 is 23.9 Å². The molecule has 0 spiro atoms. The molecule has 0 fully saturated rings. The second kappa shape index (κ2) is 5.09. The van der Waals surface area contributed by atoms with Gasteiger partial charge in [0.05, 0.1) is 19.7 Å². The number of hydrogen-bond donors (Lipinski definition) is 2. The minimum absolute atomic E-state index is 0.0382. The van der Waals surface area contributed by atoms with Crippen LogP contribution in [0.3, 0.4) is 0 Å². The predicted molar refractivity (Wildman–Crippen MR) is 42.7 cm³/mol. The van der Waals surface area contributed by atoms with E-state index in [0.717, 1.165) is 0 Å². The van der Waals surface area contributed by atoms with Gasteiger partial charge in [0.2, 0.25) is 0 Å². The van der Waals surface area contributed by atoms with Crippen LogP contribution in [0.15, 0.2) is 12.2 Å². The minimum Gasteiger partial charge on any atom is -0.469 e. The standard InChI is InChI=1S/C6H11O5P/c1-11-6(7)4-2-3-5-12(8,9)10/h2-3H,4-5H2,1H3,(H2,8,9,10). The fourth-order valence-electron chi connectivity index (χ4n) is 0.475. The summed E-state index contributed by atoms with van der Waals surface area (Å²) >= 11 is 0. The van der Waals surface area contributed by atoms with Gasteiger partial charge >= 0.3 is 13.6 Å². The zero-order valence-corrected chi connectivity index (χ0v) is 7.53. The Labute approximate surface area is 70.2 Å². The predicted octanol–water partition coefficient (Wildman–Crippen LogP) is 0.283. The van der Waals surface area contributed by atoms with Crippen molar-refractivity contribution in [1.82, 2.24) is 0 Å². The van der Waals surface area contributed by atoms with Gasteiger partial charge in [-0.05, 0) is 0 Å². The van der Waals surface area contributed by atoms with E-state index in [1.165, 1.54) is 19.3 Å². The average molecular weight is 194 g/mol. The SMILES string of the molecule is COC(=O)CC=CCP(=O)(O)O. The van der Waals surface area contributed by atoms with Crippen molar-refractivity contribution in [1.29, 1.82) is 0 Å². The molecular weight excluding hydrogens is 183 g/mol. The smallest absolute Gasteiger partial charge is 0.329 e. The first-order valence-corrected chi connectivity index (χ1v) is 5.02. The molecular formula is C6H11O5P. The van der Waals surface area contributed by atoms with Gasteiger partial charge in [0.25, 0.3) is 0 Å². The molecule has 0 unspecified atom stereocenters. The number of carbonyl (C=O) groups is 1. The van der Waals surface area contributed by atoms with Crippen LogP contribution in [0.5, 0.6) is 0 Å². The van der Waals surface area contributed by atoms with Gasteiger partial charge in [-0.1, -0.05) is 12.2 Å². The summed E-state index contributed by atoms with van der Waals surface area (Å²) in [5.41, 5.74) is 0. The van der Waals surface area contributed by atoms with Gasteiger partial charge in [0.1, 0.15) is 0 Å². The number of methoxy groups -OCH3 is 1. The summed E-state index contributed by atoms with van der Waals surface area (Å²) < 4.78 is 14.6. The van der Waals surface area contributed by atoms with Gasteiger partial charge in [-0.3, -0.25) is 9.36 Å². The summed E-state index contributed by atoms with van der Waals surface area (Å²) in [7, 11) is -2.72. The number of hydrogen-bond acceptors (Lipinski definition) is 3. The Balaban J connectivity index is 3.65. The Morgan fingerprint density at radius 3 is 2.50 bits per heavy atom. The van der Waals surface area contributed by atoms with Crippen molar-refractivity contribution in [3.8, 4) is 0 Å². The van der Waals surface area contributed by atoms with Crippen molar-refractivity contribution in [3.05, 3.63) is 12.2 Å². The maximum Gasteiger partial charge on any atom is 0.329 e. The number of carbonyl (C=O) groups excluding carboxylic acids is 1. The third kappa shape index (κ3) is 7.47. The van der Waals surface area contributed by atoms with E-state index in [-0.39, 0.29) is 12.6 Å². The third-order valence-electron chi connectivity index (χ3n) is 1.02. The zero-order valence-electron chi connectivity index (χ0n) is 6.64. The highest BCUT2D eigenvalue weighted by Gasteiger charge is 2.08. The molecule has 0 radical (unpaired) electrons. The molecule has 70 valence electrons. The molecule has 0 saturated heterocycles. The maximum atomic E-state index is 10.5. The summed E-state index contributed by atoms with van der Waals surface area (Å²) in [6, 6.07) is 0. The molecule has 0 amide bonds. The summed E-state index contributed by atoms with van der Waals surface area (Å²) in [6.07, 6.45) is 2.32. The topological polar surface area (TPSA) is 83.8 Å². The number of esters is 1. The molecule has 0 atom stereocenters. The van der Waals surface area contributed by atoms with E-state index < -0.39 is 13.6 Å². The van der Waals surface area contributed by atoms with Gasteiger partial charge in [0, 0.05) is 0 Å². The molecule has 0 heterocycles. The molecule has 6 heteroatoms. The molecule has 0 aromatic rings. The lowest BCUT2D eigenvalue weighted by Gasteiger charge is -1.96. The van der Waals surface area contributed by atoms with Crippen LogP contribution < -0.4 is 0 Å². The van der Waals surface area contributed by atoms with Gasteiger partial charge in [-0.25, -0.2) is 0 Å². The fraction of sp³-hybridized carbons (Fsp3) is 0.500.